The molecule has 14 heavy (non-hydrogen) atoms. The monoisotopic (exact) mass is 207 g/mol. The molecule has 2 N–H and O–H groups in total. The fourth-order valence-electron chi connectivity index (χ4n) is 1.15. The predicted octanol–water partition coefficient (Wildman–Crippen LogP) is 1.85. The van der Waals surface area contributed by atoms with Gasteiger partial charge in [0.1, 0.15) is 5.75 Å². The number of phenols is 1. The van der Waals surface area contributed by atoms with Crippen molar-refractivity contribution < 1.29 is 5.11 Å². The SMILES string of the molecule is Cn1[nH]c(-c2ccc(O)cc2)nc1=S. The van der Waals surface area contributed by atoms with Crippen LogP contribution in [0.15, 0.2) is 24.3 Å². The minimum absolute atomic E-state index is 0.239. The van der Waals surface area contributed by atoms with Crippen molar-refractivity contribution in [1.29, 1.82) is 0 Å². The maximum absolute atomic E-state index is 9.11. The van der Waals surface area contributed by atoms with Crippen molar-refractivity contribution in [3.05, 3.63) is 29.0 Å². The van der Waals surface area contributed by atoms with E-state index < -0.39 is 0 Å². The van der Waals surface area contributed by atoms with E-state index in [0.29, 0.717) is 10.6 Å². The molecule has 0 amide bonds. The van der Waals surface area contributed by atoms with Gasteiger partial charge in [-0.2, -0.15) is 4.98 Å². The summed E-state index contributed by atoms with van der Waals surface area (Å²) in [6.07, 6.45) is 0. The average Bonchev–Trinajstić information content (AvgIpc) is 2.48. The smallest absolute Gasteiger partial charge is 0.216 e. The maximum Gasteiger partial charge on any atom is 0.216 e. The highest BCUT2D eigenvalue weighted by Gasteiger charge is 2.01. The molecule has 4 nitrogen and oxygen atoms in total. The normalized spacial score (nSPS) is 10.4. The third-order valence-corrected chi connectivity index (χ3v) is 2.27. The van der Waals surface area contributed by atoms with E-state index in [-0.39, 0.29) is 5.75 Å². The van der Waals surface area contributed by atoms with Gasteiger partial charge in [0.15, 0.2) is 5.82 Å². The number of rotatable bonds is 1. The molecule has 0 bridgehead atoms. The minimum Gasteiger partial charge on any atom is -0.508 e. The largest absolute Gasteiger partial charge is 0.508 e. The maximum atomic E-state index is 9.11. The van der Waals surface area contributed by atoms with E-state index in [1.807, 2.05) is 0 Å². The molecule has 72 valence electrons. The minimum atomic E-state index is 0.239. The molecule has 0 aliphatic carbocycles. The Balaban J connectivity index is 2.49. The van der Waals surface area contributed by atoms with Gasteiger partial charge in [0.2, 0.25) is 4.77 Å². The first kappa shape index (κ1) is 8.96. The van der Waals surface area contributed by atoms with Crippen LogP contribution in [-0.4, -0.2) is 19.9 Å². The lowest BCUT2D eigenvalue weighted by Gasteiger charge is -1.95. The van der Waals surface area contributed by atoms with Crippen LogP contribution >= 0.6 is 12.2 Å². The van der Waals surface area contributed by atoms with Gasteiger partial charge in [-0.3, -0.25) is 9.78 Å². The summed E-state index contributed by atoms with van der Waals surface area (Å²) in [5.41, 5.74) is 0.898. The standard InChI is InChI=1S/C9H9N3OS/c1-12-9(14)10-8(11-12)6-2-4-7(13)5-3-6/h2-5,13H,1H3,(H,10,11,14). The van der Waals surface area contributed by atoms with Gasteiger partial charge in [-0.05, 0) is 36.5 Å². The van der Waals surface area contributed by atoms with Crippen molar-refractivity contribution in [2.24, 2.45) is 7.05 Å². The molecule has 0 radical (unpaired) electrons. The van der Waals surface area contributed by atoms with E-state index >= 15 is 0 Å². The first-order chi connectivity index (χ1) is 6.66. The zero-order chi connectivity index (χ0) is 10.1. The van der Waals surface area contributed by atoms with E-state index in [0.717, 1.165) is 5.56 Å². The Morgan fingerprint density at radius 2 is 2.00 bits per heavy atom. The van der Waals surface area contributed by atoms with Crippen LogP contribution in [0.1, 0.15) is 0 Å². The number of nitrogens with one attached hydrogen (secondary N) is 1. The van der Waals surface area contributed by atoms with Crippen LogP contribution in [0.3, 0.4) is 0 Å². The summed E-state index contributed by atoms with van der Waals surface area (Å²) in [7, 11) is 1.80. The molecule has 2 aromatic rings. The zero-order valence-corrected chi connectivity index (χ0v) is 8.38. The second kappa shape index (κ2) is 3.26. The molecule has 5 heteroatoms. The van der Waals surface area contributed by atoms with Crippen molar-refractivity contribution in [2.45, 2.75) is 0 Å². The molecule has 1 aromatic heterocycles. The summed E-state index contributed by atoms with van der Waals surface area (Å²) in [5.74, 6) is 0.945. The molecule has 0 atom stereocenters. The van der Waals surface area contributed by atoms with E-state index in [1.54, 1.807) is 36.0 Å². The number of benzene rings is 1. The molecule has 0 aliphatic rings. The van der Waals surface area contributed by atoms with Gasteiger partial charge in [0, 0.05) is 12.6 Å². The van der Waals surface area contributed by atoms with E-state index in [9.17, 15) is 0 Å². The van der Waals surface area contributed by atoms with Gasteiger partial charge >= 0.3 is 0 Å². The first-order valence-electron chi connectivity index (χ1n) is 4.09. The van der Waals surface area contributed by atoms with E-state index in [4.69, 9.17) is 17.3 Å². The number of aromatic nitrogens is 3. The first-order valence-corrected chi connectivity index (χ1v) is 4.50. The second-order valence-corrected chi connectivity index (χ2v) is 3.33. The summed E-state index contributed by atoms with van der Waals surface area (Å²) < 4.78 is 2.17. The molecular weight excluding hydrogens is 198 g/mol. The van der Waals surface area contributed by atoms with Crippen LogP contribution in [0.4, 0.5) is 0 Å². The van der Waals surface area contributed by atoms with Crippen molar-refractivity contribution >= 4 is 12.2 Å². The number of H-pyrrole nitrogens is 1. The lowest BCUT2D eigenvalue weighted by Crippen LogP contribution is -1.89. The van der Waals surface area contributed by atoms with E-state index in [2.05, 4.69) is 10.1 Å². The summed E-state index contributed by atoms with van der Waals surface area (Å²) in [5, 5.41) is 12.1. The van der Waals surface area contributed by atoms with Crippen LogP contribution in [0.5, 0.6) is 5.75 Å². The highest BCUT2D eigenvalue weighted by molar-refractivity contribution is 7.71. The van der Waals surface area contributed by atoms with Gasteiger partial charge in [0.25, 0.3) is 0 Å². The Morgan fingerprint density at radius 3 is 2.50 bits per heavy atom. The quantitative estimate of drug-likeness (QED) is 0.702. The Bertz CT molecular complexity index is 498. The Labute approximate surface area is 85.8 Å². The number of aromatic amines is 1. The molecule has 2 rings (SSSR count). The number of hydrogen-bond donors (Lipinski definition) is 2. The highest BCUT2D eigenvalue weighted by Crippen LogP contribution is 2.17. The van der Waals surface area contributed by atoms with Crippen LogP contribution in [0.25, 0.3) is 11.4 Å². The van der Waals surface area contributed by atoms with Crippen molar-refractivity contribution in [2.75, 3.05) is 0 Å². The Kier molecular flexibility index (Phi) is 2.09. The van der Waals surface area contributed by atoms with Crippen LogP contribution < -0.4 is 0 Å². The highest BCUT2D eigenvalue weighted by atomic mass is 32.1. The van der Waals surface area contributed by atoms with Gasteiger partial charge in [-0.25, -0.2) is 0 Å². The molecule has 0 spiro atoms. The number of aryl methyl sites for hydroxylation is 1. The second-order valence-electron chi connectivity index (χ2n) is 2.96. The number of nitrogens with zero attached hydrogens (tertiary/aromatic N) is 2. The number of aromatic hydroxyl groups is 1. The summed E-state index contributed by atoms with van der Waals surface area (Å²) in [4.78, 5) is 4.15. The third-order valence-electron chi connectivity index (χ3n) is 1.91. The van der Waals surface area contributed by atoms with Gasteiger partial charge in [-0.15, -0.1) is 0 Å². The topological polar surface area (TPSA) is 53.8 Å². The molecule has 1 aromatic carbocycles. The molecular formula is C9H9N3OS. The predicted molar refractivity (Wildman–Crippen MR) is 55.5 cm³/mol. The molecule has 0 aliphatic heterocycles. The lowest BCUT2D eigenvalue weighted by atomic mass is 10.2. The summed E-state index contributed by atoms with van der Waals surface area (Å²) in [6.45, 7) is 0. The fourth-order valence-corrected chi connectivity index (χ4v) is 1.29. The molecule has 0 saturated carbocycles. The van der Waals surface area contributed by atoms with Gasteiger partial charge < -0.3 is 5.11 Å². The van der Waals surface area contributed by atoms with Crippen LogP contribution in [0, 0.1) is 4.77 Å². The molecule has 1 heterocycles. The molecule has 0 saturated heterocycles. The van der Waals surface area contributed by atoms with Gasteiger partial charge in [0.05, 0.1) is 0 Å². The Hall–Kier alpha value is -1.62. The lowest BCUT2D eigenvalue weighted by molar-refractivity contribution is 0.475. The Morgan fingerprint density at radius 1 is 1.36 bits per heavy atom. The molecule has 0 unspecified atom stereocenters. The van der Waals surface area contributed by atoms with E-state index in [1.165, 1.54) is 0 Å². The summed E-state index contributed by atoms with van der Waals surface area (Å²) >= 11 is 4.97. The number of phenolic OH excluding ortho intramolecular Hbond substituents is 1. The van der Waals surface area contributed by atoms with Crippen molar-refractivity contribution in [3.63, 3.8) is 0 Å². The van der Waals surface area contributed by atoms with Crippen LogP contribution in [-0.2, 0) is 7.05 Å². The van der Waals surface area contributed by atoms with Gasteiger partial charge in [-0.1, -0.05) is 0 Å². The third kappa shape index (κ3) is 1.54. The van der Waals surface area contributed by atoms with Crippen LogP contribution in [0.2, 0.25) is 0 Å². The molecule has 0 fully saturated rings. The fraction of sp³-hybridized carbons (Fsp3) is 0.111. The zero-order valence-electron chi connectivity index (χ0n) is 7.56. The average molecular weight is 207 g/mol. The number of hydrogen-bond acceptors (Lipinski definition) is 3. The summed E-state index contributed by atoms with van der Waals surface area (Å²) in [6, 6.07) is 6.79. The van der Waals surface area contributed by atoms with Crippen molar-refractivity contribution in [1.82, 2.24) is 14.8 Å². The van der Waals surface area contributed by atoms with Crippen molar-refractivity contribution in [3.8, 4) is 17.1 Å².